The number of H-pyrrole nitrogens is 2. The van der Waals surface area contributed by atoms with E-state index in [-0.39, 0.29) is 30.0 Å². The van der Waals surface area contributed by atoms with Crippen molar-refractivity contribution in [1.82, 2.24) is 45.3 Å². The number of aromatic amines is 2. The number of carbonyl (C=O) groups is 2. The van der Waals surface area contributed by atoms with Crippen LogP contribution in [0.1, 0.15) is 30.5 Å². The highest BCUT2D eigenvalue weighted by molar-refractivity contribution is 7.09. The number of nitrogens with one attached hydrogen (secondary N) is 4. The molecule has 5 heterocycles. The minimum absolute atomic E-state index is 0.0313. The second-order valence-electron chi connectivity index (χ2n) is 9.91. The molecule has 17 heteroatoms. The molecule has 0 atom stereocenters. The van der Waals surface area contributed by atoms with E-state index in [2.05, 4.69) is 69.8 Å². The molecule has 240 valence electrons. The molecule has 47 heavy (non-hydrogen) atoms. The third-order valence-electron chi connectivity index (χ3n) is 5.95. The number of rotatable bonds is 10. The first-order valence-corrected chi connectivity index (χ1v) is 14.9. The van der Waals surface area contributed by atoms with Gasteiger partial charge in [-0.15, -0.1) is 21.5 Å². The number of carbonyl (C=O) groups excluding carboxylic acids is 2. The van der Waals surface area contributed by atoms with Crippen LogP contribution in [0, 0.1) is 11.6 Å². The monoisotopic (exact) mass is 659 g/mol. The Kier molecular flexibility index (Phi) is 10.6. The van der Waals surface area contributed by atoms with Gasteiger partial charge in [0.2, 0.25) is 17.8 Å². The second-order valence-corrected chi connectivity index (χ2v) is 10.8. The summed E-state index contributed by atoms with van der Waals surface area (Å²) in [6, 6.07) is 13.6. The Morgan fingerprint density at radius 3 is 2.00 bits per heavy atom. The number of benzene rings is 1. The summed E-state index contributed by atoms with van der Waals surface area (Å²) in [4.78, 5) is 44.8. The van der Waals surface area contributed by atoms with Gasteiger partial charge in [-0.3, -0.25) is 40.4 Å². The van der Waals surface area contributed by atoms with Gasteiger partial charge in [-0.25, -0.2) is 13.8 Å². The molecule has 0 spiro atoms. The van der Waals surface area contributed by atoms with Crippen LogP contribution < -0.4 is 15.4 Å². The highest BCUT2D eigenvalue weighted by Gasteiger charge is 2.14. The van der Waals surface area contributed by atoms with E-state index in [1.807, 2.05) is 23.6 Å². The summed E-state index contributed by atoms with van der Waals surface area (Å²) in [5.41, 5.74) is 1.99. The fraction of sp³-hybridized carbons (Fsp3) is 0.167. The first kappa shape index (κ1) is 32.4. The van der Waals surface area contributed by atoms with E-state index in [1.165, 1.54) is 0 Å². The minimum atomic E-state index is -0.891. The number of hydrogen-bond acceptors (Lipinski definition) is 11. The van der Waals surface area contributed by atoms with Gasteiger partial charge < -0.3 is 4.74 Å². The SMILES string of the molecule is CC(C)c1nc(CC(=O)Nc2n[nH]c(-c3ccccn3)n2)cs1.O=C(COc1ccc(F)cc1F)Nc1n[nH]c(-c2ccccn2)n1. The number of nitrogens with zero attached hydrogens (tertiary/aromatic N) is 7. The quantitative estimate of drug-likeness (QED) is 0.159. The van der Waals surface area contributed by atoms with E-state index < -0.39 is 24.1 Å². The molecule has 0 bridgehead atoms. The molecule has 0 aliphatic carbocycles. The number of anilines is 2. The van der Waals surface area contributed by atoms with Crippen LogP contribution in [0.2, 0.25) is 0 Å². The Balaban J connectivity index is 0.000000185. The summed E-state index contributed by atoms with van der Waals surface area (Å²) in [6.45, 7) is 3.68. The zero-order valence-corrected chi connectivity index (χ0v) is 25.8. The van der Waals surface area contributed by atoms with Gasteiger partial charge in [-0.1, -0.05) is 26.0 Å². The normalized spacial score (nSPS) is 10.7. The average molecular weight is 660 g/mol. The lowest BCUT2D eigenvalue weighted by Gasteiger charge is -2.06. The molecule has 0 unspecified atom stereocenters. The zero-order chi connectivity index (χ0) is 33.2. The average Bonchev–Trinajstić information content (AvgIpc) is 3.84. The molecule has 0 radical (unpaired) electrons. The highest BCUT2D eigenvalue weighted by atomic mass is 32.1. The van der Waals surface area contributed by atoms with Gasteiger partial charge in [0.15, 0.2) is 29.8 Å². The Bertz CT molecular complexity index is 1930. The van der Waals surface area contributed by atoms with Gasteiger partial charge in [0.1, 0.15) is 17.2 Å². The van der Waals surface area contributed by atoms with Crippen molar-refractivity contribution in [2.45, 2.75) is 26.2 Å². The topological polar surface area (TPSA) is 189 Å². The minimum Gasteiger partial charge on any atom is -0.481 e. The molecule has 0 fully saturated rings. The number of pyridine rings is 2. The van der Waals surface area contributed by atoms with Gasteiger partial charge >= 0.3 is 0 Å². The predicted octanol–water partition coefficient (Wildman–Crippen LogP) is 4.79. The van der Waals surface area contributed by atoms with Crippen molar-refractivity contribution < 1.29 is 23.1 Å². The zero-order valence-electron chi connectivity index (χ0n) is 24.9. The first-order chi connectivity index (χ1) is 22.7. The van der Waals surface area contributed by atoms with Crippen LogP contribution in [0.25, 0.3) is 23.0 Å². The van der Waals surface area contributed by atoms with Crippen molar-refractivity contribution in [2.75, 3.05) is 17.2 Å². The number of amides is 2. The Morgan fingerprint density at radius 2 is 1.47 bits per heavy atom. The smallest absolute Gasteiger partial charge is 0.264 e. The van der Waals surface area contributed by atoms with Crippen molar-refractivity contribution in [2.24, 2.45) is 0 Å². The third-order valence-corrected chi connectivity index (χ3v) is 7.14. The molecular weight excluding hydrogens is 632 g/mol. The highest BCUT2D eigenvalue weighted by Crippen LogP contribution is 2.20. The summed E-state index contributed by atoms with van der Waals surface area (Å²) < 4.78 is 31.1. The summed E-state index contributed by atoms with van der Waals surface area (Å²) in [5, 5.41) is 21.2. The molecule has 2 amide bonds. The Morgan fingerprint density at radius 1 is 0.851 bits per heavy atom. The van der Waals surface area contributed by atoms with Crippen molar-refractivity contribution in [3.63, 3.8) is 0 Å². The summed E-state index contributed by atoms with van der Waals surface area (Å²) >= 11 is 1.57. The van der Waals surface area contributed by atoms with Crippen molar-refractivity contribution in [3.8, 4) is 28.8 Å². The molecule has 0 saturated heterocycles. The van der Waals surface area contributed by atoms with Crippen molar-refractivity contribution in [1.29, 1.82) is 0 Å². The van der Waals surface area contributed by atoms with Crippen LogP contribution in [0.4, 0.5) is 20.7 Å². The lowest BCUT2D eigenvalue weighted by molar-refractivity contribution is -0.118. The predicted molar refractivity (Wildman–Crippen MR) is 168 cm³/mol. The van der Waals surface area contributed by atoms with Gasteiger partial charge in [-0.05, 0) is 36.4 Å². The third kappa shape index (κ3) is 9.27. The maximum absolute atomic E-state index is 13.4. The molecule has 6 rings (SSSR count). The summed E-state index contributed by atoms with van der Waals surface area (Å²) in [6.07, 6.45) is 3.47. The van der Waals surface area contributed by atoms with E-state index in [0.29, 0.717) is 35.0 Å². The number of halogens is 2. The summed E-state index contributed by atoms with van der Waals surface area (Å²) in [5.74, 6) is -1.11. The molecule has 0 aliphatic rings. The molecule has 0 aliphatic heterocycles. The van der Waals surface area contributed by atoms with E-state index in [4.69, 9.17) is 4.74 Å². The van der Waals surface area contributed by atoms with Crippen LogP contribution in [-0.4, -0.2) is 63.7 Å². The fourth-order valence-corrected chi connectivity index (χ4v) is 4.60. The second kappa shape index (κ2) is 15.3. The number of aromatic nitrogens is 9. The van der Waals surface area contributed by atoms with Crippen LogP contribution in [-0.2, 0) is 16.0 Å². The Labute approximate surface area is 270 Å². The van der Waals surface area contributed by atoms with Crippen LogP contribution >= 0.6 is 11.3 Å². The van der Waals surface area contributed by atoms with Crippen molar-refractivity contribution in [3.05, 3.63) is 94.7 Å². The van der Waals surface area contributed by atoms with E-state index in [9.17, 15) is 18.4 Å². The molecule has 14 nitrogen and oxygen atoms in total. The summed E-state index contributed by atoms with van der Waals surface area (Å²) in [7, 11) is 0. The van der Waals surface area contributed by atoms with Gasteiger partial charge in [0.25, 0.3) is 5.91 Å². The lowest BCUT2D eigenvalue weighted by atomic mass is 10.2. The molecule has 0 saturated carbocycles. The molecular formula is C30H27F2N11O3S. The number of ether oxygens (including phenoxy) is 1. The van der Waals surface area contributed by atoms with Crippen LogP contribution in [0.3, 0.4) is 0 Å². The van der Waals surface area contributed by atoms with Gasteiger partial charge in [0, 0.05) is 29.8 Å². The fourth-order valence-electron chi connectivity index (χ4n) is 3.77. The molecule has 1 aromatic carbocycles. The van der Waals surface area contributed by atoms with Gasteiger partial charge in [-0.2, -0.15) is 9.97 Å². The first-order valence-electron chi connectivity index (χ1n) is 14.0. The molecule has 4 N–H and O–H groups in total. The standard InChI is InChI=1S/C15H11F2N5O2.C15H16N6OS/c16-9-4-5-12(10(17)7-9)24-8-13(23)19-15-20-14(21-22-15)11-3-1-2-6-18-11;1-9(2)14-17-10(8-23-14)7-12(22)18-15-19-13(20-21-15)11-5-3-4-6-16-11/h1-7H,8H2,(H2,19,20,21,22,23);3-6,8-9H,7H2,1-2H3,(H2,18,19,20,21,22). The Hall–Kier alpha value is -5.97. The number of hydrogen-bond donors (Lipinski definition) is 4. The van der Waals surface area contributed by atoms with Gasteiger partial charge in [0.05, 0.1) is 17.1 Å². The number of thiazole rings is 1. The maximum Gasteiger partial charge on any atom is 0.264 e. The van der Waals surface area contributed by atoms with E-state index in [1.54, 1.807) is 41.9 Å². The van der Waals surface area contributed by atoms with Crippen LogP contribution in [0.5, 0.6) is 5.75 Å². The molecule has 6 aromatic rings. The van der Waals surface area contributed by atoms with Crippen molar-refractivity contribution >= 4 is 35.0 Å². The lowest BCUT2D eigenvalue weighted by Crippen LogP contribution is -2.21. The molecule has 5 aromatic heterocycles. The largest absolute Gasteiger partial charge is 0.481 e. The van der Waals surface area contributed by atoms with Crippen LogP contribution in [0.15, 0.2) is 72.4 Å². The van der Waals surface area contributed by atoms with E-state index in [0.717, 1.165) is 22.8 Å². The maximum atomic E-state index is 13.4. The van der Waals surface area contributed by atoms with E-state index >= 15 is 0 Å².